The van der Waals surface area contributed by atoms with E-state index in [0.717, 1.165) is 5.56 Å². The van der Waals surface area contributed by atoms with Crippen molar-refractivity contribution in [3.8, 4) is 0 Å². The summed E-state index contributed by atoms with van der Waals surface area (Å²) in [7, 11) is 0. The average molecular weight is 186 g/mol. The third-order valence-corrected chi connectivity index (χ3v) is 1.56. The summed E-state index contributed by atoms with van der Waals surface area (Å²) in [6.07, 6.45) is -2.35. The highest BCUT2D eigenvalue weighted by molar-refractivity contribution is 5.56. The Morgan fingerprint density at radius 1 is 1.38 bits per heavy atom. The van der Waals surface area contributed by atoms with E-state index >= 15 is 0 Å². The van der Waals surface area contributed by atoms with Crippen LogP contribution in [-0.4, -0.2) is 13.0 Å². The molecular weight excluding hydrogens is 174 g/mol. The SMILES string of the molecule is Cc1cc(N)cc(NCC(F)F)c1. The van der Waals surface area contributed by atoms with Crippen molar-refractivity contribution in [3.63, 3.8) is 0 Å². The first kappa shape index (κ1) is 9.77. The van der Waals surface area contributed by atoms with E-state index in [1.807, 2.05) is 6.92 Å². The molecule has 4 heteroatoms. The number of nitrogens with two attached hydrogens (primary N) is 1. The van der Waals surface area contributed by atoms with Crippen molar-refractivity contribution < 1.29 is 8.78 Å². The van der Waals surface area contributed by atoms with Gasteiger partial charge in [0, 0.05) is 11.4 Å². The van der Waals surface area contributed by atoms with E-state index < -0.39 is 6.43 Å². The van der Waals surface area contributed by atoms with Crippen LogP contribution < -0.4 is 11.1 Å². The number of anilines is 2. The van der Waals surface area contributed by atoms with Gasteiger partial charge in [0.1, 0.15) is 0 Å². The van der Waals surface area contributed by atoms with Gasteiger partial charge in [-0.05, 0) is 30.7 Å². The van der Waals surface area contributed by atoms with Crippen LogP contribution >= 0.6 is 0 Å². The van der Waals surface area contributed by atoms with Gasteiger partial charge in [0.2, 0.25) is 0 Å². The maximum atomic E-state index is 11.8. The fourth-order valence-electron chi connectivity index (χ4n) is 1.11. The number of hydrogen-bond donors (Lipinski definition) is 2. The molecule has 0 aromatic heterocycles. The minimum absolute atomic E-state index is 0.344. The van der Waals surface area contributed by atoms with E-state index in [1.54, 1.807) is 18.2 Å². The Morgan fingerprint density at radius 2 is 2.08 bits per heavy atom. The minimum Gasteiger partial charge on any atom is -0.399 e. The molecule has 1 aromatic carbocycles. The summed E-state index contributed by atoms with van der Waals surface area (Å²) in [6.45, 7) is 1.52. The van der Waals surface area contributed by atoms with Crippen molar-refractivity contribution in [2.75, 3.05) is 17.6 Å². The molecule has 0 atom stereocenters. The van der Waals surface area contributed by atoms with Gasteiger partial charge in [0.25, 0.3) is 6.43 Å². The molecule has 0 aliphatic rings. The lowest BCUT2D eigenvalue weighted by molar-refractivity contribution is 0.163. The number of benzene rings is 1. The van der Waals surface area contributed by atoms with Gasteiger partial charge in [0.15, 0.2) is 0 Å². The number of halogens is 2. The molecule has 0 bridgehead atoms. The normalized spacial score (nSPS) is 10.5. The van der Waals surface area contributed by atoms with Gasteiger partial charge < -0.3 is 11.1 Å². The third-order valence-electron chi connectivity index (χ3n) is 1.56. The largest absolute Gasteiger partial charge is 0.399 e. The van der Waals surface area contributed by atoms with Gasteiger partial charge in [-0.3, -0.25) is 0 Å². The lowest BCUT2D eigenvalue weighted by atomic mass is 10.2. The molecule has 2 nitrogen and oxygen atoms in total. The first-order valence-corrected chi connectivity index (χ1v) is 3.97. The van der Waals surface area contributed by atoms with Gasteiger partial charge in [-0.1, -0.05) is 0 Å². The molecular formula is C9H12F2N2. The summed E-state index contributed by atoms with van der Waals surface area (Å²) in [6, 6.07) is 5.20. The second-order valence-corrected chi connectivity index (χ2v) is 2.90. The highest BCUT2D eigenvalue weighted by Crippen LogP contribution is 2.15. The summed E-state index contributed by atoms with van der Waals surface area (Å²) in [5.74, 6) is 0. The standard InChI is InChI=1S/C9H12F2N2/c1-6-2-7(12)4-8(3-6)13-5-9(10)11/h2-4,9,13H,5,12H2,1H3. The van der Waals surface area contributed by atoms with Gasteiger partial charge in [0.05, 0.1) is 6.54 Å². The summed E-state index contributed by atoms with van der Waals surface area (Å²) >= 11 is 0. The van der Waals surface area contributed by atoms with E-state index in [-0.39, 0.29) is 6.54 Å². The lowest BCUT2D eigenvalue weighted by Gasteiger charge is -2.07. The second kappa shape index (κ2) is 4.07. The van der Waals surface area contributed by atoms with Crippen LogP contribution in [0.25, 0.3) is 0 Å². The Hall–Kier alpha value is -1.32. The maximum Gasteiger partial charge on any atom is 0.255 e. The molecule has 0 spiro atoms. The Labute approximate surface area is 75.7 Å². The molecule has 1 rings (SSSR count). The highest BCUT2D eigenvalue weighted by Gasteiger charge is 2.01. The topological polar surface area (TPSA) is 38.0 Å². The van der Waals surface area contributed by atoms with Crippen molar-refractivity contribution >= 4 is 11.4 Å². The van der Waals surface area contributed by atoms with Crippen molar-refractivity contribution in [3.05, 3.63) is 23.8 Å². The quantitative estimate of drug-likeness (QED) is 0.710. The highest BCUT2D eigenvalue weighted by atomic mass is 19.3. The maximum absolute atomic E-state index is 11.8. The zero-order valence-electron chi connectivity index (χ0n) is 7.35. The predicted molar refractivity (Wildman–Crippen MR) is 50.1 cm³/mol. The number of alkyl halides is 2. The number of rotatable bonds is 3. The van der Waals surface area contributed by atoms with Gasteiger partial charge in [-0.15, -0.1) is 0 Å². The first-order valence-electron chi connectivity index (χ1n) is 3.97. The van der Waals surface area contributed by atoms with Crippen LogP contribution in [0.4, 0.5) is 20.2 Å². The Bertz CT molecular complexity index is 267. The molecule has 0 fully saturated rings. The smallest absolute Gasteiger partial charge is 0.255 e. The molecule has 72 valence electrons. The zero-order valence-corrected chi connectivity index (χ0v) is 7.35. The number of nitrogens with one attached hydrogen (secondary N) is 1. The Kier molecular flexibility index (Phi) is 3.06. The average Bonchev–Trinajstić information content (AvgIpc) is 1.99. The van der Waals surface area contributed by atoms with Gasteiger partial charge in [-0.25, -0.2) is 8.78 Å². The van der Waals surface area contributed by atoms with Crippen LogP contribution in [0.3, 0.4) is 0 Å². The molecule has 0 unspecified atom stereocenters. The number of hydrogen-bond acceptors (Lipinski definition) is 2. The first-order chi connectivity index (χ1) is 6.08. The van der Waals surface area contributed by atoms with Crippen molar-refractivity contribution in [2.45, 2.75) is 13.3 Å². The van der Waals surface area contributed by atoms with Crippen LogP contribution in [0.1, 0.15) is 5.56 Å². The van der Waals surface area contributed by atoms with E-state index in [1.165, 1.54) is 0 Å². The van der Waals surface area contributed by atoms with Crippen LogP contribution in [0.2, 0.25) is 0 Å². The van der Waals surface area contributed by atoms with Gasteiger partial charge >= 0.3 is 0 Å². The van der Waals surface area contributed by atoms with Crippen molar-refractivity contribution in [2.24, 2.45) is 0 Å². The summed E-state index contributed by atoms with van der Waals surface area (Å²) in [4.78, 5) is 0. The Balaban J connectivity index is 2.66. The van der Waals surface area contributed by atoms with Crippen LogP contribution in [0.5, 0.6) is 0 Å². The molecule has 1 aromatic rings. The van der Waals surface area contributed by atoms with E-state index in [2.05, 4.69) is 5.32 Å². The molecule has 0 aliphatic heterocycles. The number of nitrogen functional groups attached to an aromatic ring is 1. The summed E-state index contributed by atoms with van der Waals surface area (Å²) in [5, 5.41) is 2.60. The van der Waals surface area contributed by atoms with Crippen molar-refractivity contribution in [1.29, 1.82) is 0 Å². The van der Waals surface area contributed by atoms with E-state index in [0.29, 0.717) is 11.4 Å². The monoisotopic (exact) mass is 186 g/mol. The summed E-state index contributed by atoms with van der Waals surface area (Å²) in [5.41, 5.74) is 7.71. The fourth-order valence-corrected chi connectivity index (χ4v) is 1.11. The fraction of sp³-hybridized carbons (Fsp3) is 0.333. The van der Waals surface area contributed by atoms with E-state index in [4.69, 9.17) is 5.73 Å². The van der Waals surface area contributed by atoms with Crippen LogP contribution in [0, 0.1) is 6.92 Å². The van der Waals surface area contributed by atoms with Gasteiger partial charge in [-0.2, -0.15) is 0 Å². The summed E-state index contributed by atoms with van der Waals surface area (Å²) < 4.78 is 23.7. The zero-order chi connectivity index (χ0) is 9.84. The molecule has 0 aliphatic carbocycles. The van der Waals surface area contributed by atoms with Crippen molar-refractivity contribution in [1.82, 2.24) is 0 Å². The predicted octanol–water partition coefficient (Wildman–Crippen LogP) is 2.25. The number of aryl methyl sites for hydroxylation is 1. The molecule has 0 radical (unpaired) electrons. The van der Waals surface area contributed by atoms with E-state index in [9.17, 15) is 8.78 Å². The third kappa shape index (κ3) is 3.27. The molecule has 3 N–H and O–H groups in total. The lowest BCUT2D eigenvalue weighted by Crippen LogP contribution is -2.10. The molecule has 0 heterocycles. The van der Waals surface area contributed by atoms with Crippen LogP contribution in [0.15, 0.2) is 18.2 Å². The minimum atomic E-state index is -2.35. The molecule has 0 saturated heterocycles. The molecule has 0 amide bonds. The van der Waals surface area contributed by atoms with Crippen LogP contribution in [-0.2, 0) is 0 Å². The molecule has 13 heavy (non-hydrogen) atoms. The second-order valence-electron chi connectivity index (χ2n) is 2.90. The Morgan fingerprint density at radius 3 is 2.62 bits per heavy atom. The molecule has 0 saturated carbocycles.